The van der Waals surface area contributed by atoms with Crippen molar-refractivity contribution in [1.82, 2.24) is 14.6 Å². The van der Waals surface area contributed by atoms with E-state index in [1.54, 1.807) is 36.4 Å². The average Bonchev–Trinajstić information content (AvgIpc) is 3.92. The molecule has 0 saturated heterocycles. The molecule has 14 heteroatoms. The number of carbonyl (C=O) groups is 3. The highest BCUT2D eigenvalue weighted by atomic mass is 16.5. The number of ether oxygens (including phenoxy) is 2. The van der Waals surface area contributed by atoms with Gasteiger partial charge in [0.1, 0.15) is 41.0 Å². The van der Waals surface area contributed by atoms with E-state index in [2.05, 4.69) is 4.99 Å². The van der Waals surface area contributed by atoms with Gasteiger partial charge < -0.3 is 39.0 Å². The maximum Gasteiger partial charge on any atom is 0.268 e. The van der Waals surface area contributed by atoms with E-state index < -0.39 is 5.91 Å². The zero-order valence-corrected chi connectivity index (χ0v) is 28.7. The average molecular weight is 720 g/mol. The van der Waals surface area contributed by atoms with Crippen molar-refractivity contribution in [3.8, 4) is 45.9 Å². The Labute approximate surface area is 304 Å². The first-order chi connectivity index (χ1) is 25.6. The summed E-state index contributed by atoms with van der Waals surface area (Å²) in [4.78, 5) is 37.9. The van der Waals surface area contributed by atoms with Crippen LogP contribution < -0.4 is 20.7 Å². The van der Waals surface area contributed by atoms with E-state index in [4.69, 9.17) is 20.4 Å². The lowest BCUT2D eigenvalue weighted by atomic mass is 10.1. The van der Waals surface area contributed by atoms with Crippen molar-refractivity contribution >= 4 is 24.2 Å². The molecule has 0 aliphatic rings. The van der Waals surface area contributed by atoms with Crippen LogP contribution in [0.3, 0.4) is 0 Å². The lowest BCUT2D eigenvalue weighted by Crippen LogP contribution is -2.30. The van der Waals surface area contributed by atoms with Gasteiger partial charge in [-0.3, -0.25) is 24.8 Å². The number of methoxy groups -OCH3 is 2. The quantitative estimate of drug-likeness (QED) is 0.0272. The highest BCUT2D eigenvalue weighted by Gasteiger charge is 2.12. The molecular formula is C39H37N5O9. The number of aromatic nitrogens is 2. The number of benzene rings is 4. The summed E-state index contributed by atoms with van der Waals surface area (Å²) in [5, 5.41) is 38.7. The number of Topliss-reactive ketones (excluding diaryl/α,β-unsaturated/α-hetero) is 1. The molecule has 2 aromatic heterocycles. The number of nitrogen functional groups attached to an aromatic ring is 1. The molecule has 0 fully saturated rings. The number of nitrogens with two attached hydrogens (primary N) is 1. The minimum atomic E-state index is -0.517. The van der Waals surface area contributed by atoms with Gasteiger partial charge in [-0.2, -0.15) is 0 Å². The third-order valence-corrected chi connectivity index (χ3v) is 7.51. The van der Waals surface area contributed by atoms with Gasteiger partial charge in [0.25, 0.3) is 5.91 Å². The van der Waals surface area contributed by atoms with Crippen molar-refractivity contribution in [3.63, 3.8) is 0 Å². The molecule has 0 aliphatic carbocycles. The van der Waals surface area contributed by atoms with Gasteiger partial charge in [0.05, 0.1) is 30.9 Å². The Morgan fingerprint density at radius 3 is 1.60 bits per heavy atom. The lowest BCUT2D eigenvalue weighted by Gasteiger charge is -2.07. The van der Waals surface area contributed by atoms with Crippen LogP contribution >= 0.6 is 0 Å². The summed E-state index contributed by atoms with van der Waals surface area (Å²) in [7, 11) is 3.03. The van der Waals surface area contributed by atoms with E-state index in [1.807, 2.05) is 63.6 Å². The molecule has 0 bridgehead atoms. The van der Waals surface area contributed by atoms with Gasteiger partial charge in [-0.25, -0.2) is 5.84 Å². The number of carbonyl (C=O) groups excluding carboxylic acids is 3. The van der Waals surface area contributed by atoms with Gasteiger partial charge in [0, 0.05) is 60.1 Å². The number of rotatable bonds is 10. The van der Waals surface area contributed by atoms with Crippen molar-refractivity contribution in [2.45, 2.75) is 0 Å². The number of nitrogens with zero attached hydrogens (tertiary/aromatic N) is 3. The lowest BCUT2D eigenvalue weighted by molar-refractivity contribution is 0.0949. The molecule has 0 aliphatic heterocycles. The fourth-order valence-electron chi connectivity index (χ4n) is 4.71. The number of aldehydes is 1. The zero-order chi connectivity index (χ0) is 38.3. The van der Waals surface area contributed by atoms with Crippen LogP contribution in [0.25, 0.3) is 11.4 Å². The van der Waals surface area contributed by atoms with Crippen molar-refractivity contribution in [2.24, 2.45) is 10.8 Å². The van der Waals surface area contributed by atoms with Gasteiger partial charge in [0.15, 0.2) is 12.1 Å². The summed E-state index contributed by atoms with van der Waals surface area (Å²) in [6, 6.07) is 26.3. The van der Waals surface area contributed by atoms with Gasteiger partial charge in [-0.05, 0) is 84.9 Å². The van der Waals surface area contributed by atoms with Crippen molar-refractivity contribution < 1.29 is 44.3 Å². The predicted octanol–water partition coefficient (Wildman–Crippen LogP) is 5.20. The number of phenols is 4. The van der Waals surface area contributed by atoms with E-state index in [1.165, 1.54) is 56.8 Å². The normalized spacial score (nSPS) is 10.3. The Morgan fingerprint density at radius 2 is 1.15 bits per heavy atom. The molecule has 0 atom stereocenters. The molecule has 6 aromatic rings. The molecule has 0 radical (unpaired) electrons. The SMILES string of the molecule is COc1ccc(O)c(C=NCC(=O)c2ccc(-n3cccc3)cc2O)c1.COc1ccc(O)c(C=O)c1.NNC(=O)c1ccc(-n2cccc2)cc1O. The second-order valence-corrected chi connectivity index (χ2v) is 10.9. The van der Waals surface area contributed by atoms with E-state index in [0.29, 0.717) is 23.3 Å². The number of ketones is 1. The summed E-state index contributed by atoms with van der Waals surface area (Å²) < 4.78 is 13.6. The van der Waals surface area contributed by atoms with E-state index >= 15 is 0 Å². The minimum Gasteiger partial charge on any atom is -0.507 e. The second-order valence-electron chi connectivity index (χ2n) is 10.9. The molecule has 2 heterocycles. The molecule has 53 heavy (non-hydrogen) atoms. The third kappa shape index (κ3) is 10.3. The Kier molecular flexibility index (Phi) is 13.5. The molecule has 1 amide bonds. The summed E-state index contributed by atoms with van der Waals surface area (Å²) in [5.74, 6) is 5.11. The molecule has 4 aromatic carbocycles. The number of hydrogen-bond donors (Lipinski definition) is 6. The first kappa shape index (κ1) is 38.5. The van der Waals surface area contributed by atoms with E-state index in [9.17, 15) is 29.7 Å². The highest BCUT2D eigenvalue weighted by Crippen LogP contribution is 2.24. The number of amides is 1. The largest absolute Gasteiger partial charge is 0.507 e. The van der Waals surface area contributed by atoms with Gasteiger partial charge in [-0.1, -0.05) is 0 Å². The van der Waals surface area contributed by atoms with Gasteiger partial charge >= 0.3 is 0 Å². The van der Waals surface area contributed by atoms with Crippen LogP contribution in [0.15, 0.2) is 127 Å². The van der Waals surface area contributed by atoms with Crippen molar-refractivity contribution in [3.05, 3.63) is 144 Å². The highest BCUT2D eigenvalue weighted by molar-refractivity contribution is 6.01. The van der Waals surface area contributed by atoms with Crippen LogP contribution in [0.1, 0.15) is 36.6 Å². The molecule has 0 unspecified atom stereocenters. The second kappa shape index (κ2) is 18.6. The Balaban J connectivity index is 0.000000197. The van der Waals surface area contributed by atoms with Crippen LogP contribution in [0.4, 0.5) is 0 Å². The maximum atomic E-state index is 12.3. The van der Waals surface area contributed by atoms with Crippen LogP contribution in [0.5, 0.6) is 34.5 Å². The van der Waals surface area contributed by atoms with Gasteiger partial charge in [0.2, 0.25) is 0 Å². The first-order valence-corrected chi connectivity index (χ1v) is 15.7. The van der Waals surface area contributed by atoms with E-state index in [-0.39, 0.29) is 52.0 Å². The number of nitrogens with one attached hydrogen (secondary N) is 1. The number of phenolic OH excluding ortho intramolecular Hbond substituents is 4. The number of hydrogen-bond acceptors (Lipinski definition) is 11. The van der Waals surface area contributed by atoms with Crippen LogP contribution in [0.2, 0.25) is 0 Å². The van der Waals surface area contributed by atoms with Crippen molar-refractivity contribution in [1.29, 1.82) is 0 Å². The Morgan fingerprint density at radius 1 is 0.679 bits per heavy atom. The summed E-state index contributed by atoms with van der Waals surface area (Å²) >= 11 is 0. The molecule has 0 saturated carbocycles. The molecular weight excluding hydrogens is 682 g/mol. The molecule has 0 spiro atoms. The topological polar surface area (TPSA) is 211 Å². The Bertz CT molecular complexity index is 2180. The maximum absolute atomic E-state index is 12.3. The minimum absolute atomic E-state index is 0.0270. The fourth-order valence-corrected chi connectivity index (χ4v) is 4.71. The van der Waals surface area contributed by atoms with Crippen LogP contribution in [-0.4, -0.2) is 74.5 Å². The third-order valence-electron chi connectivity index (χ3n) is 7.51. The molecule has 6 rings (SSSR count). The number of aromatic hydroxyl groups is 4. The van der Waals surface area contributed by atoms with Crippen molar-refractivity contribution in [2.75, 3.05) is 20.8 Å². The molecule has 272 valence electrons. The molecule has 14 nitrogen and oxygen atoms in total. The summed E-state index contributed by atoms with van der Waals surface area (Å²) in [6.07, 6.45) is 9.37. The molecule has 7 N–H and O–H groups in total. The number of aliphatic imine (C=N–C) groups is 1. The van der Waals surface area contributed by atoms with Crippen LogP contribution in [-0.2, 0) is 0 Å². The summed E-state index contributed by atoms with van der Waals surface area (Å²) in [5.41, 5.74) is 4.54. The number of hydrazine groups is 1. The fraction of sp³-hybridized carbons (Fsp3) is 0.0769. The smallest absolute Gasteiger partial charge is 0.268 e. The zero-order valence-electron chi connectivity index (χ0n) is 28.7. The first-order valence-electron chi connectivity index (χ1n) is 15.7. The monoisotopic (exact) mass is 719 g/mol. The predicted molar refractivity (Wildman–Crippen MR) is 198 cm³/mol. The van der Waals surface area contributed by atoms with E-state index in [0.717, 1.165) is 11.4 Å². The summed E-state index contributed by atoms with van der Waals surface area (Å²) in [6.45, 7) is -0.146. The standard InChI is InChI=1S/C20H18N2O4.C11H11N3O2.C8H8O3/c1-26-16-5-7-18(23)14(10-16)12-21-13-20(25)17-6-4-15(11-19(17)24)22-8-2-3-9-22;12-13-11(16)9-4-3-8(7-10(9)15)14-5-1-2-6-14;1-11-7-2-3-8(10)6(4-7)5-9/h2-12,23-24H,13H2,1H3;1-7,15H,12H2,(H,13,16);2-5,10H,1H3. The Hall–Kier alpha value is -7.32. The van der Waals surface area contributed by atoms with Gasteiger partial charge in [-0.15, -0.1) is 0 Å². The van der Waals surface area contributed by atoms with Crippen LogP contribution in [0, 0.1) is 0 Å².